The Morgan fingerprint density at radius 2 is 1.79 bits per heavy atom. The first-order valence-electron chi connectivity index (χ1n) is 9.45. The highest BCUT2D eigenvalue weighted by atomic mass is 35.5. The highest BCUT2D eigenvalue weighted by molar-refractivity contribution is 6.31. The smallest absolute Gasteiger partial charge is 0.222 e. The summed E-state index contributed by atoms with van der Waals surface area (Å²) < 4.78 is 1.95. The number of aromatic nitrogens is 2. The van der Waals surface area contributed by atoms with Gasteiger partial charge in [0.1, 0.15) is 5.65 Å². The van der Waals surface area contributed by atoms with Crippen molar-refractivity contribution in [2.24, 2.45) is 0 Å². The van der Waals surface area contributed by atoms with E-state index in [9.17, 15) is 4.79 Å². The maximum atomic E-state index is 12.5. The first kappa shape index (κ1) is 19.2. The molecule has 3 heterocycles. The molecule has 0 unspecified atom stereocenters. The average Bonchev–Trinajstić information content (AvgIpc) is 3.09. The number of carbonyl (C=O) groups excluding carboxylic acids is 1. The first-order chi connectivity index (χ1) is 13.6. The summed E-state index contributed by atoms with van der Waals surface area (Å²) in [6, 6.07) is 11.5. The first-order valence-corrected chi connectivity index (χ1v) is 10.2. The second-order valence-electron chi connectivity index (χ2n) is 7.09. The Kier molecular flexibility index (Phi) is 5.85. The number of carbonyl (C=O) groups is 1. The van der Waals surface area contributed by atoms with Gasteiger partial charge in [-0.25, -0.2) is 4.98 Å². The van der Waals surface area contributed by atoms with Crippen molar-refractivity contribution in [3.05, 3.63) is 70.1 Å². The van der Waals surface area contributed by atoms with Crippen LogP contribution in [0.3, 0.4) is 0 Å². The van der Waals surface area contributed by atoms with E-state index in [4.69, 9.17) is 23.2 Å². The summed E-state index contributed by atoms with van der Waals surface area (Å²) in [6.07, 6.45) is 5.06. The maximum absolute atomic E-state index is 12.5. The van der Waals surface area contributed by atoms with E-state index in [-0.39, 0.29) is 5.91 Å². The van der Waals surface area contributed by atoms with Crippen molar-refractivity contribution < 1.29 is 4.79 Å². The van der Waals surface area contributed by atoms with Gasteiger partial charge >= 0.3 is 0 Å². The minimum absolute atomic E-state index is 0.196. The molecule has 3 aromatic rings. The zero-order valence-electron chi connectivity index (χ0n) is 15.5. The van der Waals surface area contributed by atoms with E-state index >= 15 is 0 Å². The second kappa shape index (κ2) is 8.52. The van der Waals surface area contributed by atoms with E-state index in [0.717, 1.165) is 54.7 Å². The van der Waals surface area contributed by atoms with Crippen molar-refractivity contribution in [2.75, 3.05) is 26.2 Å². The lowest BCUT2D eigenvalue weighted by Crippen LogP contribution is -2.48. The predicted molar refractivity (Wildman–Crippen MR) is 112 cm³/mol. The van der Waals surface area contributed by atoms with E-state index in [1.807, 2.05) is 58.1 Å². The molecular formula is C21H22Cl2N4O. The quantitative estimate of drug-likeness (QED) is 0.632. The topological polar surface area (TPSA) is 40.9 Å². The molecule has 2 aromatic heterocycles. The molecule has 1 amide bonds. The molecule has 0 radical (unpaired) electrons. The summed E-state index contributed by atoms with van der Waals surface area (Å²) in [5, 5.41) is 1.43. The van der Waals surface area contributed by atoms with Gasteiger partial charge in [0.2, 0.25) is 5.91 Å². The van der Waals surface area contributed by atoms with Crippen molar-refractivity contribution in [1.29, 1.82) is 0 Å². The molecule has 1 saturated heterocycles. The Morgan fingerprint density at radius 3 is 2.57 bits per heavy atom. The van der Waals surface area contributed by atoms with Gasteiger partial charge in [-0.2, -0.15) is 0 Å². The highest BCUT2D eigenvalue weighted by Crippen LogP contribution is 2.18. The minimum Gasteiger partial charge on any atom is -0.340 e. The summed E-state index contributed by atoms with van der Waals surface area (Å²) in [4.78, 5) is 21.5. The van der Waals surface area contributed by atoms with E-state index < -0.39 is 0 Å². The second-order valence-corrected chi connectivity index (χ2v) is 7.94. The van der Waals surface area contributed by atoms with E-state index in [1.165, 1.54) is 0 Å². The average molecular weight is 417 g/mol. The summed E-state index contributed by atoms with van der Waals surface area (Å²) >= 11 is 12.2. The Balaban J connectivity index is 1.27. The maximum Gasteiger partial charge on any atom is 0.222 e. The monoisotopic (exact) mass is 416 g/mol. The molecule has 0 bridgehead atoms. The molecule has 1 fully saturated rings. The molecule has 0 N–H and O–H groups in total. The van der Waals surface area contributed by atoms with Crippen LogP contribution >= 0.6 is 23.2 Å². The van der Waals surface area contributed by atoms with E-state index in [0.29, 0.717) is 17.9 Å². The number of rotatable bonds is 5. The predicted octanol–water partition coefficient (Wildman–Crippen LogP) is 3.92. The molecule has 1 aromatic carbocycles. The number of pyridine rings is 1. The number of hydrogen-bond donors (Lipinski definition) is 0. The standard InChI is InChI=1S/C21H22Cl2N4O/c22-17-6-7-20-24-18(15-27(20)13-17)14-25-9-11-26(12-10-25)21(28)8-5-16-3-1-2-4-19(16)23/h1-4,6-7,13,15H,5,8-12,14H2. The number of benzene rings is 1. The van der Waals surface area contributed by atoms with Gasteiger partial charge in [-0.1, -0.05) is 41.4 Å². The Bertz CT molecular complexity index is 979. The van der Waals surface area contributed by atoms with Gasteiger partial charge < -0.3 is 9.30 Å². The van der Waals surface area contributed by atoms with Crippen LogP contribution in [0.5, 0.6) is 0 Å². The van der Waals surface area contributed by atoms with Gasteiger partial charge in [0, 0.05) is 56.6 Å². The van der Waals surface area contributed by atoms with Crippen LogP contribution in [0.1, 0.15) is 17.7 Å². The van der Waals surface area contributed by atoms with Gasteiger partial charge in [-0.3, -0.25) is 9.69 Å². The van der Waals surface area contributed by atoms with Crippen LogP contribution in [0.15, 0.2) is 48.8 Å². The van der Waals surface area contributed by atoms with Gasteiger partial charge in [0.15, 0.2) is 0 Å². The number of hydrogen-bond acceptors (Lipinski definition) is 3. The summed E-state index contributed by atoms with van der Waals surface area (Å²) in [6.45, 7) is 3.99. The third kappa shape index (κ3) is 4.49. The number of imidazole rings is 1. The summed E-state index contributed by atoms with van der Waals surface area (Å²) in [5.74, 6) is 0.196. The third-order valence-corrected chi connectivity index (χ3v) is 5.73. The molecule has 0 saturated carbocycles. The van der Waals surface area contributed by atoms with Crippen LogP contribution in [-0.2, 0) is 17.8 Å². The number of amides is 1. The largest absolute Gasteiger partial charge is 0.340 e. The van der Waals surface area contributed by atoms with Crippen molar-refractivity contribution in [2.45, 2.75) is 19.4 Å². The van der Waals surface area contributed by atoms with E-state index in [2.05, 4.69) is 9.88 Å². The van der Waals surface area contributed by atoms with Gasteiger partial charge in [0.05, 0.1) is 10.7 Å². The van der Waals surface area contributed by atoms with Gasteiger partial charge in [-0.15, -0.1) is 0 Å². The number of halogens is 2. The normalized spacial score (nSPS) is 15.3. The lowest BCUT2D eigenvalue weighted by Gasteiger charge is -2.34. The van der Waals surface area contributed by atoms with Gasteiger partial charge in [-0.05, 0) is 30.2 Å². The summed E-state index contributed by atoms with van der Waals surface area (Å²) in [7, 11) is 0. The molecular weight excluding hydrogens is 395 g/mol. The fourth-order valence-electron chi connectivity index (χ4n) is 3.58. The molecule has 0 atom stereocenters. The zero-order valence-corrected chi connectivity index (χ0v) is 17.0. The number of piperazine rings is 1. The van der Waals surface area contributed by atoms with Crippen LogP contribution in [0.25, 0.3) is 5.65 Å². The van der Waals surface area contributed by atoms with Crippen molar-refractivity contribution in [1.82, 2.24) is 19.2 Å². The van der Waals surface area contributed by atoms with Crippen LogP contribution in [0, 0.1) is 0 Å². The van der Waals surface area contributed by atoms with E-state index in [1.54, 1.807) is 0 Å². The third-order valence-electron chi connectivity index (χ3n) is 5.14. The van der Waals surface area contributed by atoms with Crippen LogP contribution in [0.2, 0.25) is 10.0 Å². The fourth-order valence-corrected chi connectivity index (χ4v) is 3.98. The molecule has 5 nitrogen and oxygen atoms in total. The fraction of sp³-hybridized carbons (Fsp3) is 0.333. The molecule has 7 heteroatoms. The highest BCUT2D eigenvalue weighted by Gasteiger charge is 2.21. The molecule has 1 aliphatic heterocycles. The number of nitrogens with zero attached hydrogens (tertiary/aromatic N) is 4. The van der Waals surface area contributed by atoms with Crippen LogP contribution in [0.4, 0.5) is 0 Å². The van der Waals surface area contributed by atoms with Crippen molar-refractivity contribution >= 4 is 34.8 Å². The molecule has 0 spiro atoms. The molecule has 4 rings (SSSR count). The molecule has 28 heavy (non-hydrogen) atoms. The molecule has 0 aliphatic carbocycles. The van der Waals surface area contributed by atoms with Crippen molar-refractivity contribution in [3.63, 3.8) is 0 Å². The lowest BCUT2D eigenvalue weighted by molar-refractivity contribution is -0.133. The van der Waals surface area contributed by atoms with Crippen LogP contribution in [-0.4, -0.2) is 51.3 Å². The van der Waals surface area contributed by atoms with Crippen molar-refractivity contribution in [3.8, 4) is 0 Å². The summed E-state index contributed by atoms with van der Waals surface area (Å²) in [5.41, 5.74) is 2.94. The number of fused-ring (bicyclic) bond motifs is 1. The SMILES string of the molecule is O=C(CCc1ccccc1Cl)N1CCN(Cc2cn3cc(Cl)ccc3n2)CC1. The molecule has 1 aliphatic rings. The number of aryl methyl sites for hydroxylation is 1. The minimum atomic E-state index is 0.196. The zero-order chi connectivity index (χ0) is 19.5. The van der Waals surface area contributed by atoms with Gasteiger partial charge in [0.25, 0.3) is 0 Å². The Morgan fingerprint density at radius 1 is 1.00 bits per heavy atom. The van der Waals surface area contributed by atoms with Crippen LogP contribution < -0.4 is 0 Å². The lowest BCUT2D eigenvalue weighted by atomic mass is 10.1. The molecule has 146 valence electrons. The Labute approximate surface area is 174 Å². The Hall–Kier alpha value is -2.08.